The standard InChI is InChI=1S/C12H25N/c1-4-10(5-2)12(13)11-8-6-7-9(11)3/h9-12H,4-8,13H2,1-3H3. The molecule has 1 saturated carbocycles. The van der Waals surface area contributed by atoms with Gasteiger partial charge in [0.25, 0.3) is 0 Å². The van der Waals surface area contributed by atoms with E-state index >= 15 is 0 Å². The molecule has 0 bridgehead atoms. The van der Waals surface area contributed by atoms with Crippen LogP contribution in [-0.4, -0.2) is 6.04 Å². The van der Waals surface area contributed by atoms with Gasteiger partial charge in [-0.05, 0) is 24.2 Å². The second kappa shape index (κ2) is 4.99. The van der Waals surface area contributed by atoms with Gasteiger partial charge in [0.05, 0.1) is 0 Å². The van der Waals surface area contributed by atoms with E-state index in [0.29, 0.717) is 6.04 Å². The van der Waals surface area contributed by atoms with Crippen LogP contribution in [0, 0.1) is 17.8 Å². The minimum Gasteiger partial charge on any atom is -0.327 e. The van der Waals surface area contributed by atoms with Crippen molar-refractivity contribution in [2.24, 2.45) is 23.5 Å². The SMILES string of the molecule is CCC(CC)C(N)C1CCCC1C. The maximum atomic E-state index is 6.33. The molecule has 0 aromatic carbocycles. The Hall–Kier alpha value is -0.0400. The molecule has 0 radical (unpaired) electrons. The Morgan fingerprint density at radius 1 is 1.23 bits per heavy atom. The molecule has 78 valence electrons. The fourth-order valence-corrected chi connectivity index (χ4v) is 2.93. The predicted octanol–water partition coefficient (Wildman–Crippen LogP) is 3.19. The predicted molar refractivity (Wildman–Crippen MR) is 58.6 cm³/mol. The Bertz CT molecular complexity index is 140. The van der Waals surface area contributed by atoms with E-state index in [9.17, 15) is 0 Å². The molecule has 1 nitrogen and oxygen atoms in total. The van der Waals surface area contributed by atoms with Gasteiger partial charge in [-0.15, -0.1) is 0 Å². The Kier molecular flexibility index (Phi) is 4.24. The van der Waals surface area contributed by atoms with E-state index in [0.717, 1.165) is 17.8 Å². The molecule has 0 aromatic rings. The number of rotatable bonds is 4. The van der Waals surface area contributed by atoms with Crippen molar-refractivity contribution in [2.45, 2.75) is 58.9 Å². The molecule has 0 spiro atoms. The highest BCUT2D eigenvalue weighted by Crippen LogP contribution is 2.36. The first-order valence-corrected chi connectivity index (χ1v) is 5.96. The number of hydrogen-bond donors (Lipinski definition) is 1. The second-order valence-electron chi connectivity index (χ2n) is 4.73. The summed E-state index contributed by atoms with van der Waals surface area (Å²) in [6.07, 6.45) is 6.68. The molecule has 0 amide bonds. The zero-order valence-electron chi connectivity index (χ0n) is 9.42. The summed E-state index contributed by atoms with van der Waals surface area (Å²) in [6, 6.07) is 0.465. The maximum Gasteiger partial charge on any atom is 0.00979 e. The van der Waals surface area contributed by atoms with Crippen molar-refractivity contribution in [2.75, 3.05) is 0 Å². The van der Waals surface area contributed by atoms with E-state index in [4.69, 9.17) is 5.73 Å². The normalized spacial score (nSPS) is 31.2. The minimum absolute atomic E-state index is 0.465. The largest absolute Gasteiger partial charge is 0.327 e. The molecule has 0 heterocycles. The molecule has 2 N–H and O–H groups in total. The molecule has 1 fully saturated rings. The van der Waals surface area contributed by atoms with Crippen molar-refractivity contribution in [1.82, 2.24) is 0 Å². The van der Waals surface area contributed by atoms with Crippen molar-refractivity contribution in [3.05, 3.63) is 0 Å². The van der Waals surface area contributed by atoms with Crippen molar-refractivity contribution in [3.8, 4) is 0 Å². The summed E-state index contributed by atoms with van der Waals surface area (Å²) >= 11 is 0. The molecule has 1 aliphatic carbocycles. The van der Waals surface area contributed by atoms with Crippen LogP contribution >= 0.6 is 0 Å². The van der Waals surface area contributed by atoms with Gasteiger partial charge in [-0.2, -0.15) is 0 Å². The summed E-state index contributed by atoms with van der Waals surface area (Å²) in [4.78, 5) is 0. The van der Waals surface area contributed by atoms with Crippen LogP contribution in [0.2, 0.25) is 0 Å². The van der Waals surface area contributed by atoms with Gasteiger partial charge in [-0.3, -0.25) is 0 Å². The minimum atomic E-state index is 0.465. The van der Waals surface area contributed by atoms with Crippen molar-refractivity contribution in [3.63, 3.8) is 0 Å². The van der Waals surface area contributed by atoms with Crippen LogP contribution in [0.3, 0.4) is 0 Å². The molecular formula is C12H25N. The molecular weight excluding hydrogens is 158 g/mol. The van der Waals surface area contributed by atoms with E-state index in [1.165, 1.54) is 32.1 Å². The van der Waals surface area contributed by atoms with Gasteiger partial charge in [-0.25, -0.2) is 0 Å². The van der Waals surface area contributed by atoms with E-state index in [2.05, 4.69) is 20.8 Å². The lowest BCUT2D eigenvalue weighted by Gasteiger charge is -2.29. The van der Waals surface area contributed by atoms with Crippen LogP contribution in [0.25, 0.3) is 0 Å². The second-order valence-corrected chi connectivity index (χ2v) is 4.73. The molecule has 1 aliphatic rings. The van der Waals surface area contributed by atoms with E-state index in [1.54, 1.807) is 0 Å². The fourth-order valence-electron chi connectivity index (χ4n) is 2.93. The first-order chi connectivity index (χ1) is 6.20. The molecule has 1 heteroatoms. The molecule has 0 saturated heterocycles. The highest BCUT2D eigenvalue weighted by atomic mass is 14.7. The summed E-state index contributed by atoms with van der Waals surface area (Å²) in [6.45, 7) is 6.92. The lowest BCUT2D eigenvalue weighted by molar-refractivity contribution is 0.254. The van der Waals surface area contributed by atoms with Crippen LogP contribution in [-0.2, 0) is 0 Å². The topological polar surface area (TPSA) is 26.0 Å². The van der Waals surface area contributed by atoms with Crippen LogP contribution in [0.4, 0.5) is 0 Å². The highest BCUT2D eigenvalue weighted by Gasteiger charge is 2.31. The monoisotopic (exact) mass is 183 g/mol. The van der Waals surface area contributed by atoms with E-state index < -0.39 is 0 Å². The lowest BCUT2D eigenvalue weighted by Crippen LogP contribution is -2.38. The van der Waals surface area contributed by atoms with E-state index in [1.807, 2.05) is 0 Å². The average molecular weight is 183 g/mol. The zero-order valence-corrected chi connectivity index (χ0v) is 9.42. The van der Waals surface area contributed by atoms with Crippen LogP contribution in [0.15, 0.2) is 0 Å². The average Bonchev–Trinajstić information content (AvgIpc) is 2.53. The summed E-state index contributed by atoms with van der Waals surface area (Å²) in [5.41, 5.74) is 6.33. The fraction of sp³-hybridized carbons (Fsp3) is 1.00. The molecule has 0 aromatic heterocycles. The van der Waals surface area contributed by atoms with Crippen LogP contribution in [0.1, 0.15) is 52.9 Å². The van der Waals surface area contributed by atoms with Gasteiger partial charge in [0.15, 0.2) is 0 Å². The molecule has 0 aliphatic heterocycles. The third kappa shape index (κ3) is 2.46. The van der Waals surface area contributed by atoms with Gasteiger partial charge in [0.2, 0.25) is 0 Å². The first-order valence-electron chi connectivity index (χ1n) is 5.96. The Labute approximate surface area is 83.1 Å². The van der Waals surface area contributed by atoms with E-state index in [-0.39, 0.29) is 0 Å². The lowest BCUT2D eigenvalue weighted by atomic mass is 9.81. The third-order valence-electron chi connectivity index (χ3n) is 4.02. The number of nitrogens with two attached hydrogens (primary N) is 1. The van der Waals surface area contributed by atoms with Gasteiger partial charge in [-0.1, -0.05) is 46.5 Å². The van der Waals surface area contributed by atoms with Crippen LogP contribution < -0.4 is 5.73 Å². The van der Waals surface area contributed by atoms with Gasteiger partial charge in [0, 0.05) is 6.04 Å². The Morgan fingerprint density at radius 2 is 1.85 bits per heavy atom. The molecule has 3 atom stereocenters. The molecule has 13 heavy (non-hydrogen) atoms. The van der Waals surface area contributed by atoms with Crippen molar-refractivity contribution < 1.29 is 0 Å². The Balaban J connectivity index is 2.49. The quantitative estimate of drug-likeness (QED) is 0.711. The third-order valence-corrected chi connectivity index (χ3v) is 4.02. The van der Waals surface area contributed by atoms with Gasteiger partial charge in [0.1, 0.15) is 0 Å². The van der Waals surface area contributed by atoms with Gasteiger partial charge >= 0.3 is 0 Å². The van der Waals surface area contributed by atoms with Crippen molar-refractivity contribution >= 4 is 0 Å². The van der Waals surface area contributed by atoms with Gasteiger partial charge < -0.3 is 5.73 Å². The zero-order chi connectivity index (χ0) is 9.84. The summed E-state index contributed by atoms with van der Waals surface area (Å²) in [5, 5.41) is 0. The number of hydrogen-bond acceptors (Lipinski definition) is 1. The molecule has 1 rings (SSSR count). The maximum absolute atomic E-state index is 6.33. The highest BCUT2D eigenvalue weighted by molar-refractivity contribution is 4.86. The molecule has 3 unspecified atom stereocenters. The smallest absolute Gasteiger partial charge is 0.00979 e. The summed E-state index contributed by atoms with van der Waals surface area (Å²) in [7, 11) is 0. The first kappa shape index (κ1) is 11.0. The summed E-state index contributed by atoms with van der Waals surface area (Å²) in [5.74, 6) is 2.44. The van der Waals surface area contributed by atoms with Crippen LogP contribution in [0.5, 0.6) is 0 Å². The Morgan fingerprint density at radius 3 is 2.23 bits per heavy atom. The summed E-state index contributed by atoms with van der Waals surface area (Å²) < 4.78 is 0. The van der Waals surface area contributed by atoms with Crippen molar-refractivity contribution in [1.29, 1.82) is 0 Å².